The zero-order valence-electron chi connectivity index (χ0n) is 13.8. The van der Waals surface area contributed by atoms with Crippen LogP contribution in [0.2, 0.25) is 0 Å². The van der Waals surface area contributed by atoms with Crippen molar-refractivity contribution in [2.75, 3.05) is 13.7 Å². The van der Waals surface area contributed by atoms with Crippen molar-refractivity contribution in [2.24, 2.45) is 5.92 Å². The molecule has 24 heavy (non-hydrogen) atoms. The third-order valence-electron chi connectivity index (χ3n) is 3.67. The second-order valence-electron chi connectivity index (χ2n) is 5.71. The molecule has 1 atom stereocenters. The highest BCUT2D eigenvalue weighted by Crippen LogP contribution is 2.24. The molecule has 0 unspecified atom stereocenters. The van der Waals surface area contributed by atoms with Crippen LogP contribution in [0.1, 0.15) is 31.1 Å². The molecule has 0 fully saturated rings. The smallest absolute Gasteiger partial charge is 0.406 e. The van der Waals surface area contributed by atoms with Gasteiger partial charge in [0.2, 0.25) is 0 Å². The van der Waals surface area contributed by atoms with E-state index in [0.717, 1.165) is 18.2 Å². The number of amides is 1. The third-order valence-corrected chi connectivity index (χ3v) is 3.67. The first-order valence-electron chi connectivity index (χ1n) is 7.23. The average Bonchev–Trinajstić information content (AvgIpc) is 2.49. The van der Waals surface area contributed by atoms with Crippen molar-refractivity contribution < 1.29 is 31.9 Å². The summed E-state index contributed by atoms with van der Waals surface area (Å²) in [5.74, 6) is -3.79. The lowest BCUT2D eigenvalue weighted by atomic mass is 10.0. The van der Waals surface area contributed by atoms with E-state index < -0.39 is 41.8 Å². The van der Waals surface area contributed by atoms with E-state index in [2.05, 4.69) is 0 Å². The zero-order chi connectivity index (χ0) is 18.7. The first-order valence-corrected chi connectivity index (χ1v) is 7.23. The molecule has 0 bridgehead atoms. The molecule has 0 radical (unpaired) electrons. The standard InChI is InChI=1S/C16H19F4NO3/c1-9(2)10(3)21(8-16(18,19)20)15(23)14(22)12-7-11(17)5-6-13(12)24-4/h5-7,9-10H,8H2,1-4H3/t10-/m1/s1. The molecule has 0 heterocycles. The number of hydrogen-bond donors (Lipinski definition) is 0. The molecule has 0 spiro atoms. The summed E-state index contributed by atoms with van der Waals surface area (Å²) in [6, 6.07) is 2.09. The lowest BCUT2D eigenvalue weighted by Gasteiger charge is -2.32. The Labute approximate surface area is 137 Å². The van der Waals surface area contributed by atoms with Gasteiger partial charge in [-0.2, -0.15) is 13.2 Å². The van der Waals surface area contributed by atoms with Crippen LogP contribution < -0.4 is 4.74 Å². The van der Waals surface area contributed by atoms with Crippen LogP contribution in [0.15, 0.2) is 18.2 Å². The normalized spacial score (nSPS) is 12.9. The Bertz CT molecular complexity index is 614. The molecular weight excluding hydrogens is 330 g/mol. The highest BCUT2D eigenvalue weighted by Gasteiger charge is 2.39. The Hall–Kier alpha value is -2.12. The fourth-order valence-corrected chi connectivity index (χ4v) is 2.06. The van der Waals surface area contributed by atoms with Gasteiger partial charge in [-0.05, 0) is 31.0 Å². The highest BCUT2D eigenvalue weighted by atomic mass is 19.4. The van der Waals surface area contributed by atoms with Crippen LogP contribution in [0.4, 0.5) is 17.6 Å². The van der Waals surface area contributed by atoms with E-state index in [1.165, 1.54) is 14.0 Å². The van der Waals surface area contributed by atoms with Gasteiger partial charge in [-0.25, -0.2) is 4.39 Å². The predicted octanol–water partition coefficient (Wildman–Crippen LogP) is 3.45. The molecule has 0 aromatic heterocycles. The van der Waals surface area contributed by atoms with Crippen LogP contribution in [0.25, 0.3) is 0 Å². The number of hydrogen-bond acceptors (Lipinski definition) is 3. The van der Waals surface area contributed by atoms with Gasteiger partial charge >= 0.3 is 6.18 Å². The SMILES string of the molecule is COc1ccc(F)cc1C(=O)C(=O)N(CC(F)(F)F)[C@H](C)C(C)C. The minimum Gasteiger partial charge on any atom is -0.496 e. The number of Topliss-reactive ketones (excluding diaryl/α,β-unsaturated/α-hetero) is 1. The monoisotopic (exact) mass is 349 g/mol. The molecule has 0 saturated heterocycles. The van der Waals surface area contributed by atoms with E-state index in [9.17, 15) is 27.2 Å². The number of carbonyl (C=O) groups is 2. The number of rotatable bonds is 6. The average molecular weight is 349 g/mol. The van der Waals surface area contributed by atoms with Gasteiger partial charge in [0.1, 0.15) is 18.1 Å². The zero-order valence-corrected chi connectivity index (χ0v) is 13.8. The van der Waals surface area contributed by atoms with Crippen LogP contribution in [0.5, 0.6) is 5.75 Å². The van der Waals surface area contributed by atoms with Crippen molar-refractivity contribution >= 4 is 11.7 Å². The topological polar surface area (TPSA) is 46.6 Å². The van der Waals surface area contributed by atoms with Gasteiger partial charge in [0.15, 0.2) is 0 Å². The van der Waals surface area contributed by atoms with Crippen LogP contribution in [0.3, 0.4) is 0 Å². The van der Waals surface area contributed by atoms with Gasteiger partial charge < -0.3 is 9.64 Å². The van der Waals surface area contributed by atoms with Crippen molar-refractivity contribution in [3.05, 3.63) is 29.6 Å². The van der Waals surface area contributed by atoms with Gasteiger partial charge in [0.25, 0.3) is 11.7 Å². The number of halogens is 4. The summed E-state index contributed by atoms with van der Waals surface area (Å²) in [7, 11) is 1.21. The van der Waals surface area contributed by atoms with E-state index in [4.69, 9.17) is 4.74 Å². The number of methoxy groups -OCH3 is 1. The molecule has 4 nitrogen and oxygen atoms in total. The van der Waals surface area contributed by atoms with Crippen molar-refractivity contribution in [2.45, 2.75) is 33.0 Å². The lowest BCUT2D eigenvalue weighted by molar-refractivity contribution is -0.163. The molecule has 0 aliphatic heterocycles. The number of ketones is 1. The van der Waals surface area contributed by atoms with Crippen LogP contribution >= 0.6 is 0 Å². The number of carbonyl (C=O) groups excluding carboxylic acids is 2. The van der Waals surface area contributed by atoms with Crippen molar-refractivity contribution in [3.63, 3.8) is 0 Å². The fraction of sp³-hybridized carbons (Fsp3) is 0.500. The summed E-state index contributed by atoms with van der Waals surface area (Å²) in [4.78, 5) is 25.1. The molecule has 1 amide bonds. The van der Waals surface area contributed by atoms with E-state index in [1.807, 2.05) is 0 Å². The predicted molar refractivity (Wildman–Crippen MR) is 79.4 cm³/mol. The molecule has 0 N–H and O–H groups in total. The van der Waals surface area contributed by atoms with Gasteiger partial charge in [-0.15, -0.1) is 0 Å². The van der Waals surface area contributed by atoms with Crippen molar-refractivity contribution in [1.82, 2.24) is 4.90 Å². The minimum atomic E-state index is -4.66. The largest absolute Gasteiger partial charge is 0.496 e. The Morgan fingerprint density at radius 3 is 2.25 bits per heavy atom. The summed E-state index contributed by atoms with van der Waals surface area (Å²) in [5.41, 5.74) is -0.411. The van der Waals surface area contributed by atoms with E-state index >= 15 is 0 Å². The Balaban J connectivity index is 3.23. The molecule has 0 aliphatic rings. The fourth-order valence-electron chi connectivity index (χ4n) is 2.06. The molecule has 1 aromatic rings. The lowest BCUT2D eigenvalue weighted by Crippen LogP contribution is -2.49. The minimum absolute atomic E-state index is 0.0843. The summed E-state index contributed by atoms with van der Waals surface area (Å²) in [5, 5.41) is 0. The molecule has 8 heteroatoms. The van der Waals surface area contributed by atoms with Gasteiger partial charge in [0, 0.05) is 6.04 Å². The molecular formula is C16H19F4NO3. The molecule has 0 aliphatic carbocycles. The maximum Gasteiger partial charge on any atom is 0.406 e. The van der Waals surface area contributed by atoms with Gasteiger partial charge in [0.05, 0.1) is 12.7 Å². The maximum absolute atomic E-state index is 13.4. The summed E-state index contributed by atoms with van der Waals surface area (Å²) in [6.45, 7) is 3.13. The summed E-state index contributed by atoms with van der Waals surface area (Å²) >= 11 is 0. The summed E-state index contributed by atoms with van der Waals surface area (Å²) in [6.07, 6.45) is -4.66. The van der Waals surface area contributed by atoms with E-state index in [0.29, 0.717) is 4.90 Å². The second kappa shape index (κ2) is 7.63. The van der Waals surface area contributed by atoms with E-state index in [-0.39, 0.29) is 11.7 Å². The number of nitrogens with zero attached hydrogens (tertiary/aromatic N) is 1. The van der Waals surface area contributed by atoms with Crippen LogP contribution in [0, 0.1) is 11.7 Å². The third kappa shape index (κ3) is 4.94. The first kappa shape index (κ1) is 19.9. The second-order valence-corrected chi connectivity index (χ2v) is 5.71. The number of benzene rings is 1. The van der Waals surface area contributed by atoms with Crippen LogP contribution in [-0.4, -0.2) is 42.5 Å². The van der Waals surface area contributed by atoms with Gasteiger partial charge in [-0.1, -0.05) is 13.8 Å². The van der Waals surface area contributed by atoms with Crippen molar-refractivity contribution in [1.29, 1.82) is 0 Å². The molecule has 134 valence electrons. The Morgan fingerprint density at radius 1 is 1.21 bits per heavy atom. The molecule has 1 aromatic carbocycles. The van der Waals surface area contributed by atoms with Crippen LogP contribution in [-0.2, 0) is 4.79 Å². The molecule has 1 rings (SSSR count). The van der Waals surface area contributed by atoms with Crippen molar-refractivity contribution in [3.8, 4) is 5.75 Å². The maximum atomic E-state index is 13.4. The Morgan fingerprint density at radius 2 is 1.79 bits per heavy atom. The number of ether oxygens (including phenoxy) is 1. The van der Waals surface area contributed by atoms with E-state index in [1.54, 1.807) is 13.8 Å². The first-order chi connectivity index (χ1) is 11.0. The van der Waals surface area contributed by atoms with Gasteiger partial charge in [-0.3, -0.25) is 9.59 Å². The molecule has 0 saturated carbocycles. The summed E-state index contributed by atoms with van der Waals surface area (Å²) < 4.78 is 56.6. The Kier molecular flexibility index (Phi) is 6.34. The highest BCUT2D eigenvalue weighted by molar-refractivity contribution is 6.43. The number of alkyl halides is 3. The quantitative estimate of drug-likeness (QED) is 0.449.